The standard InChI is InChI=1S/C6H3Cl2NO2.C6H3ClFNO2/c2*7-4-1-2-6(9(10)11)5(8)3-4/h2*1-3H. The minimum atomic E-state index is -0.914. The molecule has 0 aliphatic carbocycles. The van der Waals surface area contributed by atoms with E-state index in [-0.39, 0.29) is 15.7 Å². The van der Waals surface area contributed by atoms with Crippen molar-refractivity contribution in [3.8, 4) is 0 Å². The first kappa shape index (κ1) is 18.1. The van der Waals surface area contributed by atoms with Gasteiger partial charge in [-0.1, -0.05) is 34.8 Å². The Hall–Kier alpha value is -1.96. The molecule has 2 aromatic rings. The maximum atomic E-state index is 12.6. The average molecular weight is 368 g/mol. The van der Waals surface area contributed by atoms with Crippen molar-refractivity contribution in [3.63, 3.8) is 0 Å². The molecule has 2 aromatic carbocycles. The van der Waals surface area contributed by atoms with Crippen molar-refractivity contribution < 1.29 is 14.2 Å². The van der Waals surface area contributed by atoms with Crippen LogP contribution in [0.5, 0.6) is 0 Å². The van der Waals surface area contributed by atoms with E-state index in [1.54, 1.807) is 0 Å². The Morgan fingerprint density at radius 2 is 1.27 bits per heavy atom. The third-order valence-corrected chi connectivity index (χ3v) is 2.99. The maximum Gasteiger partial charge on any atom is 0.304 e. The maximum absolute atomic E-state index is 12.6. The van der Waals surface area contributed by atoms with Gasteiger partial charge in [0, 0.05) is 22.2 Å². The van der Waals surface area contributed by atoms with Gasteiger partial charge in [-0.25, -0.2) is 0 Å². The number of rotatable bonds is 2. The lowest BCUT2D eigenvalue weighted by Crippen LogP contribution is -1.91. The smallest absolute Gasteiger partial charge is 0.258 e. The molecule has 0 fully saturated rings. The number of benzene rings is 2. The van der Waals surface area contributed by atoms with Crippen molar-refractivity contribution in [3.05, 3.63) is 77.5 Å². The van der Waals surface area contributed by atoms with Crippen molar-refractivity contribution in [1.82, 2.24) is 0 Å². The summed E-state index contributed by atoms with van der Waals surface area (Å²) in [5, 5.41) is 20.9. The van der Waals surface area contributed by atoms with Crippen LogP contribution in [0.2, 0.25) is 15.1 Å². The fourth-order valence-electron chi connectivity index (χ4n) is 1.26. The number of hydrogen-bond donors (Lipinski definition) is 0. The highest BCUT2D eigenvalue weighted by Crippen LogP contribution is 2.26. The Kier molecular flexibility index (Phi) is 6.48. The molecule has 0 heterocycles. The summed E-state index contributed by atoms with van der Waals surface area (Å²) in [6, 6.07) is 7.22. The summed E-state index contributed by atoms with van der Waals surface area (Å²) in [4.78, 5) is 18.9. The fourth-order valence-corrected chi connectivity index (χ4v) is 1.89. The number of hydrogen-bond acceptors (Lipinski definition) is 4. The van der Waals surface area contributed by atoms with Crippen molar-refractivity contribution in [2.24, 2.45) is 0 Å². The summed E-state index contributed by atoms with van der Waals surface area (Å²) in [6.45, 7) is 0. The number of nitro benzene ring substituents is 2. The second kappa shape index (κ2) is 7.88. The van der Waals surface area contributed by atoms with E-state index in [9.17, 15) is 24.6 Å². The van der Waals surface area contributed by atoms with E-state index in [0.29, 0.717) is 5.02 Å². The lowest BCUT2D eigenvalue weighted by molar-refractivity contribution is -0.387. The number of nitro groups is 2. The summed E-state index contributed by atoms with van der Waals surface area (Å²) in [5.41, 5.74) is -0.689. The molecule has 0 saturated heterocycles. The molecule has 2 rings (SSSR count). The number of halogens is 4. The van der Waals surface area contributed by atoms with Gasteiger partial charge in [0.2, 0.25) is 5.82 Å². The van der Waals surface area contributed by atoms with Crippen LogP contribution in [0.3, 0.4) is 0 Å². The third kappa shape index (κ3) is 5.10. The van der Waals surface area contributed by atoms with Crippen LogP contribution in [0.15, 0.2) is 36.4 Å². The van der Waals surface area contributed by atoms with Gasteiger partial charge in [-0.15, -0.1) is 0 Å². The highest BCUT2D eigenvalue weighted by atomic mass is 35.5. The molecule has 0 amide bonds. The molecule has 0 radical (unpaired) electrons. The van der Waals surface area contributed by atoms with Crippen molar-refractivity contribution in [2.45, 2.75) is 0 Å². The van der Waals surface area contributed by atoms with Crippen LogP contribution in [-0.2, 0) is 0 Å². The third-order valence-electron chi connectivity index (χ3n) is 2.21. The van der Waals surface area contributed by atoms with Crippen LogP contribution in [0.4, 0.5) is 15.8 Å². The summed E-state index contributed by atoms with van der Waals surface area (Å²) >= 11 is 16.4. The van der Waals surface area contributed by atoms with Crippen LogP contribution >= 0.6 is 34.8 Å². The molecule has 0 saturated carbocycles. The van der Waals surface area contributed by atoms with Crippen LogP contribution < -0.4 is 0 Å². The topological polar surface area (TPSA) is 86.3 Å². The predicted molar refractivity (Wildman–Crippen MR) is 81.2 cm³/mol. The van der Waals surface area contributed by atoms with Gasteiger partial charge in [0.05, 0.1) is 9.85 Å². The van der Waals surface area contributed by atoms with Gasteiger partial charge >= 0.3 is 5.69 Å². The van der Waals surface area contributed by atoms with Gasteiger partial charge < -0.3 is 0 Å². The number of nitrogens with zero attached hydrogens (tertiary/aromatic N) is 2. The Labute approximate surface area is 138 Å². The van der Waals surface area contributed by atoms with Crippen LogP contribution in [0, 0.1) is 26.0 Å². The summed E-state index contributed by atoms with van der Waals surface area (Å²) in [5.74, 6) is -0.914. The zero-order chi connectivity index (χ0) is 16.9. The second-order valence-corrected chi connectivity index (χ2v) is 4.99. The minimum Gasteiger partial charge on any atom is -0.258 e. The summed E-state index contributed by atoms with van der Waals surface area (Å²) in [6.07, 6.45) is 0. The monoisotopic (exact) mass is 366 g/mol. The van der Waals surface area contributed by atoms with Gasteiger partial charge in [0.15, 0.2) is 0 Å². The minimum absolute atomic E-state index is 0.0579. The van der Waals surface area contributed by atoms with Crippen LogP contribution in [0.1, 0.15) is 0 Å². The van der Waals surface area contributed by atoms with E-state index in [4.69, 9.17) is 34.8 Å². The molecule has 0 N–H and O–H groups in total. The van der Waals surface area contributed by atoms with E-state index < -0.39 is 21.4 Å². The first-order valence-electron chi connectivity index (χ1n) is 5.41. The lowest BCUT2D eigenvalue weighted by atomic mass is 10.3. The molecule has 0 aliphatic heterocycles. The lowest BCUT2D eigenvalue weighted by Gasteiger charge is -1.93. The van der Waals surface area contributed by atoms with Gasteiger partial charge in [0.1, 0.15) is 5.02 Å². The SMILES string of the molecule is O=[N+]([O-])c1ccc(Cl)cc1Cl.O=[N+]([O-])c1ccc(Cl)cc1F. The van der Waals surface area contributed by atoms with Crippen LogP contribution in [0.25, 0.3) is 0 Å². The Morgan fingerprint density at radius 3 is 1.68 bits per heavy atom. The summed E-state index contributed by atoms with van der Waals surface area (Å²) < 4.78 is 12.6. The Bertz CT molecular complexity index is 666. The molecule has 116 valence electrons. The normalized spacial score (nSPS) is 9.64. The molecule has 6 nitrogen and oxygen atoms in total. The highest BCUT2D eigenvalue weighted by molar-refractivity contribution is 6.35. The van der Waals surface area contributed by atoms with Gasteiger partial charge in [0.25, 0.3) is 5.69 Å². The van der Waals surface area contributed by atoms with Crippen LogP contribution in [-0.4, -0.2) is 9.85 Å². The zero-order valence-electron chi connectivity index (χ0n) is 10.5. The first-order chi connectivity index (χ1) is 10.2. The molecule has 0 aliphatic rings. The molecule has 0 aromatic heterocycles. The van der Waals surface area contributed by atoms with Gasteiger partial charge in [-0.05, 0) is 24.3 Å². The Morgan fingerprint density at radius 1 is 0.818 bits per heavy atom. The molecule has 10 heteroatoms. The molecule has 0 spiro atoms. The van der Waals surface area contributed by atoms with Crippen molar-refractivity contribution in [2.75, 3.05) is 0 Å². The van der Waals surface area contributed by atoms with E-state index in [1.807, 2.05) is 0 Å². The molecular weight excluding hydrogens is 361 g/mol. The van der Waals surface area contributed by atoms with E-state index in [1.165, 1.54) is 24.3 Å². The van der Waals surface area contributed by atoms with Gasteiger partial charge in [-0.2, -0.15) is 4.39 Å². The average Bonchev–Trinajstić information content (AvgIpc) is 2.38. The van der Waals surface area contributed by atoms with E-state index in [0.717, 1.165) is 12.1 Å². The van der Waals surface area contributed by atoms with Gasteiger partial charge in [-0.3, -0.25) is 20.2 Å². The van der Waals surface area contributed by atoms with Crippen molar-refractivity contribution >= 4 is 46.2 Å². The summed E-state index contributed by atoms with van der Waals surface area (Å²) in [7, 11) is 0. The molecular formula is C12H6Cl3FN2O4. The Balaban J connectivity index is 0.000000220. The first-order valence-corrected chi connectivity index (χ1v) is 6.54. The van der Waals surface area contributed by atoms with Crippen molar-refractivity contribution in [1.29, 1.82) is 0 Å². The van der Waals surface area contributed by atoms with E-state index >= 15 is 0 Å². The quantitative estimate of drug-likeness (QED) is 0.533. The largest absolute Gasteiger partial charge is 0.304 e. The zero-order valence-corrected chi connectivity index (χ0v) is 12.8. The van der Waals surface area contributed by atoms with E-state index in [2.05, 4.69) is 0 Å². The predicted octanol–water partition coefficient (Wildman–Crippen LogP) is 5.29. The molecule has 0 bridgehead atoms. The molecule has 0 unspecified atom stereocenters. The molecule has 0 atom stereocenters. The molecule has 22 heavy (non-hydrogen) atoms. The highest BCUT2D eigenvalue weighted by Gasteiger charge is 2.12. The second-order valence-electron chi connectivity index (χ2n) is 3.71. The fraction of sp³-hybridized carbons (Fsp3) is 0.